The van der Waals surface area contributed by atoms with Gasteiger partial charge >= 0.3 is 5.91 Å². The molecule has 1 aromatic heterocycles. The Bertz CT molecular complexity index is 1060. The van der Waals surface area contributed by atoms with Gasteiger partial charge in [-0.3, -0.25) is 14.5 Å². The minimum absolute atomic E-state index is 0.241. The molecule has 2 aromatic carbocycles. The highest BCUT2D eigenvalue weighted by molar-refractivity contribution is 7.18. The summed E-state index contributed by atoms with van der Waals surface area (Å²) in [6.45, 7) is 1.43. The molecule has 7 heteroatoms. The number of amides is 1. The molecule has 2 atom stereocenters. The SMILES string of the molecule is O=C1C(=O)N(C[NH+]2CCCC[C@H]2c2nc3ccccc3s2)c2ccc(Cl)cc21. The lowest BCUT2D eigenvalue weighted by Gasteiger charge is -2.33. The van der Waals surface area contributed by atoms with Gasteiger partial charge in [0.15, 0.2) is 11.7 Å². The van der Waals surface area contributed by atoms with E-state index in [-0.39, 0.29) is 6.04 Å². The molecule has 0 aliphatic carbocycles. The quantitative estimate of drug-likeness (QED) is 0.672. The summed E-state index contributed by atoms with van der Waals surface area (Å²) >= 11 is 7.76. The molecule has 28 heavy (non-hydrogen) atoms. The molecular formula is C21H19ClN3O2S+. The predicted molar refractivity (Wildman–Crippen MR) is 110 cm³/mol. The number of carbonyl (C=O) groups is 2. The Morgan fingerprint density at radius 1 is 1.18 bits per heavy atom. The van der Waals surface area contributed by atoms with E-state index in [1.54, 1.807) is 34.4 Å². The van der Waals surface area contributed by atoms with E-state index >= 15 is 0 Å². The third-order valence-electron chi connectivity index (χ3n) is 5.64. The van der Waals surface area contributed by atoms with E-state index < -0.39 is 11.7 Å². The standard InChI is InChI=1S/C21H18ClN3O2S/c22-13-8-9-16-14(11-13)19(26)21(27)25(16)12-24-10-4-3-6-17(24)20-23-15-5-1-2-7-18(15)28-20/h1-2,5,7-9,11,17H,3-4,6,10,12H2/p+1/t17-/m0/s1. The summed E-state index contributed by atoms with van der Waals surface area (Å²) in [6.07, 6.45) is 3.31. The second-order valence-electron chi connectivity index (χ2n) is 7.36. The number of nitrogens with one attached hydrogen (secondary N) is 1. The fourth-order valence-corrected chi connectivity index (χ4v) is 5.57. The number of quaternary nitrogens is 1. The van der Waals surface area contributed by atoms with Crippen molar-refractivity contribution >= 4 is 50.5 Å². The number of anilines is 1. The van der Waals surface area contributed by atoms with Crippen LogP contribution in [0.15, 0.2) is 42.5 Å². The monoisotopic (exact) mass is 412 g/mol. The van der Waals surface area contributed by atoms with Gasteiger partial charge in [0.05, 0.1) is 28.0 Å². The molecule has 1 fully saturated rings. The maximum Gasteiger partial charge on any atom is 0.303 e. The van der Waals surface area contributed by atoms with Crippen LogP contribution in [0.1, 0.15) is 40.7 Å². The molecule has 0 radical (unpaired) electrons. The normalized spacial score (nSPS) is 22.1. The van der Waals surface area contributed by atoms with Crippen LogP contribution in [0.4, 0.5) is 5.69 Å². The molecule has 1 unspecified atom stereocenters. The summed E-state index contributed by atoms with van der Waals surface area (Å²) < 4.78 is 1.19. The first kappa shape index (κ1) is 17.8. The number of piperidine rings is 1. The van der Waals surface area contributed by atoms with Crippen molar-refractivity contribution in [1.82, 2.24) is 4.98 Å². The summed E-state index contributed by atoms with van der Waals surface area (Å²) in [7, 11) is 0. The van der Waals surface area contributed by atoms with Crippen LogP contribution >= 0.6 is 22.9 Å². The molecule has 2 aliphatic heterocycles. The minimum Gasteiger partial charge on any atom is -0.309 e. The molecule has 3 heterocycles. The van der Waals surface area contributed by atoms with Gasteiger partial charge < -0.3 is 4.90 Å². The van der Waals surface area contributed by atoms with E-state index in [1.165, 1.54) is 9.60 Å². The van der Waals surface area contributed by atoms with E-state index in [2.05, 4.69) is 6.07 Å². The zero-order chi connectivity index (χ0) is 19.3. The van der Waals surface area contributed by atoms with Crippen molar-refractivity contribution in [3.63, 3.8) is 0 Å². The van der Waals surface area contributed by atoms with Crippen LogP contribution in [-0.4, -0.2) is 29.9 Å². The average molecular weight is 413 g/mol. The summed E-state index contributed by atoms with van der Waals surface area (Å²) in [6, 6.07) is 13.5. The number of benzene rings is 2. The lowest BCUT2D eigenvalue weighted by atomic mass is 10.0. The van der Waals surface area contributed by atoms with Crippen LogP contribution in [0, 0.1) is 0 Å². The van der Waals surface area contributed by atoms with Crippen LogP contribution in [0.25, 0.3) is 10.2 Å². The first-order valence-electron chi connectivity index (χ1n) is 9.47. The number of Topliss-reactive ketones (excluding diaryl/α,β-unsaturated/α-hetero) is 1. The second kappa shape index (κ2) is 6.95. The average Bonchev–Trinajstić information content (AvgIpc) is 3.24. The van der Waals surface area contributed by atoms with Crippen LogP contribution < -0.4 is 9.80 Å². The lowest BCUT2D eigenvalue weighted by Crippen LogP contribution is -3.14. The Morgan fingerprint density at radius 3 is 2.89 bits per heavy atom. The van der Waals surface area contributed by atoms with Crippen molar-refractivity contribution in [2.45, 2.75) is 25.3 Å². The summed E-state index contributed by atoms with van der Waals surface area (Å²) in [5.41, 5.74) is 2.10. The number of fused-ring (bicyclic) bond motifs is 2. The molecule has 1 N–H and O–H groups in total. The molecule has 5 rings (SSSR count). The van der Waals surface area contributed by atoms with E-state index in [4.69, 9.17) is 16.6 Å². The fraction of sp³-hybridized carbons (Fsp3) is 0.286. The number of hydrogen-bond donors (Lipinski definition) is 1. The second-order valence-corrected chi connectivity index (χ2v) is 8.86. The van der Waals surface area contributed by atoms with Gasteiger partial charge in [-0.15, -0.1) is 11.3 Å². The van der Waals surface area contributed by atoms with E-state index in [1.807, 2.05) is 18.2 Å². The number of halogens is 1. The molecule has 0 saturated carbocycles. The number of hydrogen-bond acceptors (Lipinski definition) is 4. The van der Waals surface area contributed by atoms with Crippen molar-refractivity contribution in [2.75, 3.05) is 18.1 Å². The first-order chi connectivity index (χ1) is 13.6. The Balaban J connectivity index is 1.46. The number of ketones is 1. The van der Waals surface area contributed by atoms with E-state index in [0.717, 1.165) is 36.3 Å². The molecule has 0 bridgehead atoms. The number of aromatic nitrogens is 1. The summed E-state index contributed by atoms with van der Waals surface area (Å²) in [5.74, 6) is -0.927. The van der Waals surface area contributed by atoms with Gasteiger partial charge in [0.2, 0.25) is 0 Å². The van der Waals surface area contributed by atoms with Crippen molar-refractivity contribution in [1.29, 1.82) is 0 Å². The largest absolute Gasteiger partial charge is 0.309 e. The maximum atomic E-state index is 12.6. The van der Waals surface area contributed by atoms with Crippen molar-refractivity contribution in [3.05, 3.63) is 58.1 Å². The number of rotatable bonds is 3. The zero-order valence-corrected chi connectivity index (χ0v) is 16.7. The predicted octanol–water partition coefficient (Wildman–Crippen LogP) is 3.25. The molecule has 1 saturated heterocycles. The van der Waals surface area contributed by atoms with E-state index in [0.29, 0.717) is 22.9 Å². The van der Waals surface area contributed by atoms with Gasteiger partial charge in [0.25, 0.3) is 5.78 Å². The van der Waals surface area contributed by atoms with Gasteiger partial charge in [0, 0.05) is 11.4 Å². The zero-order valence-electron chi connectivity index (χ0n) is 15.2. The van der Waals surface area contributed by atoms with Gasteiger partial charge in [-0.25, -0.2) is 4.98 Å². The molecule has 2 aliphatic rings. The topological polar surface area (TPSA) is 54.7 Å². The fourth-order valence-electron chi connectivity index (χ4n) is 4.24. The van der Waals surface area contributed by atoms with Gasteiger partial charge in [-0.1, -0.05) is 23.7 Å². The summed E-state index contributed by atoms with van der Waals surface area (Å²) in [5, 5.41) is 1.59. The van der Waals surface area contributed by atoms with Gasteiger partial charge in [-0.2, -0.15) is 0 Å². The van der Waals surface area contributed by atoms with Crippen LogP contribution in [0.5, 0.6) is 0 Å². The highest BCUT2D eigenvalue weighted by Gasteiger charge is 2.40. The van der Waals surface area contributed by atoms with Gasteiger partial charge in [0.1, 0.15) is 6.04 Å². The van der Waals surface area contributed by atoms with Crippen LogP contribution in [0.3, 0.4) is 0 Å². The number of carbonyl (C=O) groups excluding carboxylic acids is 2. The first-order valence-corrected chi connectivity index (χ1v) is 10.7. The molecular weight excluding hydrogens is 394 g/mol. The lowest BCUT2D eigenvalue weighted by molar-refractivity contribution is -0.935. The highest BCUT2D eigenvalue weighted by Crippen LogP contribution is 2.32. The number of nitrogens with zero attached hydrogens (tertiary/aromatic N) is 2. The molecule has 3 aromatic rings. The Hall–Kier alpha value is -2.28. The van der Waals surface area contributed by atoms with Crippen LogP contribution in [0.2, 0.25) is 5.02 Å². The Kier molecular flexibility index (Phi) is 4.42. The number of para-hydroxylation sites is 1. The van der Waals surface area contributed by atoms with Crippen molar-refractivity contribution in [3.8, 4) is 0 Å². The van der Waals surface area contributed by atoms with Crippen molar-refractivity contribution < 1.29 is 14.5 Å². The molecule has 1 amide bonds. The highest BCUT2D eigenvalue weighted by atomic mass is 35.5. The maximum absolute atomic E-state index is 12.6. The van der Waals surface area contributed by atoms with Gasteiger partial charge in [-0.05, 0) is 43.2 Å². The Morgan fingerprint density at radius 2 is 2.04 bits per heavy atom. The molecule has 142 valence electrons. The third-order valence-corrected chi connectivity index (χ3v) is 7.02. The third kappa shape index (κ3) is 2.92. The number of likely N-dealkylation sites (tertiary alicyclic amines) is 1. The smallest absolute Gasteiger partial charge is 0.303 e. The Labute approximate surface area is 171 Å². The van der Waals surface area contributed by atoms with E-state index in [9.17, 15) is 9.59 Å². The summed E-state index contributed by atoms with van der Waals surface area (Å²) in [4.78, 5) is 32.8. The number of thiazole rings is 1. The molecule has 5 nitrogen and oxygen atoms in total. The van der Waals surface area contributed by atoms with Crippen LogP contribution in [-0.2, 0) is 4.79 Å². The van der Waals surface area contributed by atoms with Crippen molar-refractivity contribution in [2.24, 2.45) is 0 Å². The molecule has 0 spiro atoms. The minimum atomic E-state index is -0.467.